The fourth-order valence-corrected chi connectivity index (χ4v) is 5.62. The van der Waals surface area contributed by atoms with Crippen LogP contribution in [0.2, 0.25) is 0 Å². The van der Waals surface area contributed by atoms with Crippen LogP contribution in [0.3, 0.4) is 0 Å². The minimum atomic E-state index is 0.0124. The standard InChI is InChI=1S/C25H38N4O3/c1-27-13-5-6-21(23(27)19-7-9-22(32-2)10-8-19)18-26-24(30)20-11-16-29(17-12-20)25(31)28-14-3-4-15-28/h7-10,20-21,23H,3-6,11-18H2,1-2H3,(H,26,30). The Morgan fingerprint density at radius 3 is 2.25 bits per heavy atom. The molecule has 3 fully saturated rings. The van der Waals surface area contributed by atoms with E-state index in [0.717, 1.165) is 63.9 Å². The molecule has 3 aliphatic heterocycles. The van der Waals surface area contributed by atoms with Gasteiger partial charge in [-0.2, -0.15) is 0 Å². The highest BCUT2D eigenvalue weighted by atomic mass is 16.5. The average Bonchev–Trinajstić information content (AvgIpc) is 3.37. The zero-order chi connectivity index (χ0) is 22.5. The summed E-state index contributed by atoms with van der Waals surface area (Å²) in [6, 6.07) is 8.79. The molecule has 0 saturated carbocycles. The predicted molar refractivity (Wildman–Crippen MR) is 125 cm³/mol. The van der Waals surface area contributed by atoms with Gasteiger partial charge < -0.3 is 19.9 Å². The maximum Gasteiger partial charge on any atom is 0.319 e. The summed E-state index contributed by atoms with van der Waals surface area (Å²) < 4.78 is 5.31. The number of amides is 3. The van der Waals surface area contributed by atoms with Crippen molar-refractivity contribution in [2.24, 2.45) is 11.8 Å². The Morgan fingerprint density at radius 1 is 0.938 bits per heavy atom. The van der Waals surface area contributed by atoms with Crippen molar-refractivity contribution in [3.63, 3.8) is 0 Å². The number of likely N-dealkylation sites (tertiary alicyclic amines) is 3. The van der Waals surface area contributed by atoms with Crippen molar-refractivity contribution >= 4 is 11.9 Å². The summed E-state index contributed by atoms with van der Waals surface area (Å²) in [7, 11) is 3.86. The van der Waals surface area contributed by atoms with E-state index >= 15 is 0 Å². The highest BCUT2D eigenvalue weighted by molar-refractivity contribution is 5.79. The van der Waals surface area contributed by atoms with Crippen LogP contribution >= 0.6 is 0 Å². The maximum absolute atomic E-state index is 12.9. The predicted octanol–water partition coefficient (Wildman–Crippen LogP) is 3.12. The number of rotatable bonds is 5. The summed E-state index contributed by atoms with van der Waals surface area (Å²) in [6.07, 6.45) is 6.01. The van der Waals surface area contributed by atoms with Crippen molar-refractivity contribution in [1.29, 1.82) is 0 Å². The van der Waals surface area contributed by atoms with Gasteiger partial charge in [-0.3, -0.25) is 9.69 Å². The maximum atomic E-state index is 12.9. The fourth-order valence-electron chi connectivity index (χ4n) is 5.62. The second-order valence-corrected chi connectivity index (χ2v) is 9.58. The lowest BCUT2D eigenvalue weighted by Gasteiger charge is -2.40. The van der Waals surface area contributed by atoms with Gasteiger partial charge >= 0.3 is 6.03 Å². The Hall–Kier alpha value is -2.28. The van der Waals surface area contributed by atoms with Gasteiger partial charge in [0.25, 0.3) is 0 Å². The molecular formula is C25H38N4O3. The van der Waals surface area contributed by atoms with Gasteiger partial charge in [-0.1, -0.05) is 12.1 Å². The van der Waals surface area contributed by atoms with E-state index in [9.17, 15) is 9.59 Å². The Balaban J connectivity index is 1.29. The molecule has 3 aliphatic rings. The van der Waals surface area contributed by atoms with Gasteiger partial charge in [0, 0.05) is 44.7 Å². The molecular weight excluding hydrogens is 404 g/mol. The van der Waals surface area contributed by atoms with Crippen LogP contribution in [0.5, 0.6) is 5.75 Å². The summed E-state index contributed by atoms with van der Waals surface area (Å²) in [5, 5.41) is 3.26. The molecule has 1 aromatic rings. The first-order chi connectivity index (χ1) is 15.6. The van der Waals surface area contributed by atoms with Gasteiger partial charge in [0.15, 0.2) is 0 Å². The number of ether oxygens (including phenoxy) is 1. The zero-order valence-corrected chi connectivity index (χ0v) is 19.6. The number of piperidine rings is 2. The molecule has 7 nitrogen and oxygen atoms in total. The van der Waals surface area contributed by atoms with E-state index in [2.05, 4.69) is 29.4 Å². The molecule has 0 spiro atoms. The molecule has 0 aromatic heterocycles. The molecule has 3 amide bonds. The first-order valence-corrected chi connectivity index (χ1v) is 12.2. The molecule has 176 valence electrons. The van der Waals surface area contributed by atoms with Crippen molar-refractivity contribution in [1.82, 2.24) is 20.0 Å². The van der Waals surface area contributed by atoms with Gasteiger partial charge in [-0.05, 0) is 75.7 Å². The molecule has 3 saturated heterocycles. The van der Waals surface area contributed by atoms with E-state index in [0.29, 0.717) is 31.6 Å². The fraction of sp³-hybridized carbons (Fsp3) is 0.680. The second-order valence-electron chi connectivity index (χ2n) is 9.58. The Labute approximate surface area is 192 Å². The van der Waals surface area contributed by atoms with Crippen LogP contribution < -0.4 is 10.1 Å². The number of benzene rings is 1. The normalized spacial score (nSPS) is 25.1. The summed E-state index contributed by atoms with van der Waals surface area (Å²) in [5.41, 5.74) is 1.28. The number of nitrogens with zero attached hydrogens (tertiary/aromatic N) is 3. The summed E-state index contributed by atoms with van der Waals surface area (Å²) in [4.78, 5) is 31.8. The van der Waals surface area contributed by atoms with Crippen LogP contribution in [0.1, 0.15) is 50.1 Å². The van der Waals surface area contributed by atoms with Gasteiger partial charge in [0.05, 0.1) is 7.11 Å². The largest absolute Gasteiger partial charge is 0.497 e. The first-order valence-electron chi connectivity index (χ1n) is 12.2. The lowest BCUT2D eigenvalue weighted by atomic mass is 9.84. The van der Waals surface area contributed by atoms with Crippen LogP contribution in [0, 0.1) is 11.8 Å². The number of hydrogen-bond donors (Lipinski definition) is 1. The SMILES string of the molecule is COc1ccc(C2C(CNC(=O)C3CCN(C(=O)N4CCCC4)CC3)CCCN2C)cc1. The molecule has 0 bridgehead atoms. The van der Waals surface area contributed by atoms with Crippen LogP contribution in [0.4, 0.5) is 4.79 Å². The van der Waals surface area contributed by atoms with Crippen LogP contribution in [0.25, 0.3) is 0 Å². The Morgan fingerprint density at radius 2 is 1.59 bits per heavy atom. The molecule has 32 heavy (non-hydrogen) atoms. The molecule has 7 heteroatoms. The highest BCUT2D eigenvalue weighted by Crippen LogP contribution is 2.35. The molecule has 1 N–H and O–H groups in total. The van der Waals surface area contributed by atoms with Crippen LogP contribution in [-0.4, -0.2) is 80.1 Å². The molecule has 2 atom stereocenters. The van der Waals surface area contributed by atoms with E-state index in [1.54, 1.807) is 7.11 Å². The number of carbonyl (C=O) groups is 2. The van der Waals surface area contributed by atoms with Crippen molar-refractivity contribution in [3.8, 4) is 5.75 Å². The van der Waals surface area contributed by atoms with Crippen LogP contribution in [0.15, 0.2) is 24.3 Å². The number of methoxy groups -OCH3 is 1. The van der Waals surface area contributed by atoms with Crippen molar-refractivity contribution in [2.75, 3.05) is 53.4 Å². The molecule has 0 aliphatic carbocycles. The third-order valence-electron chi connectivity index (χ3n) is 7.52. The third kappa shape index (κ3) is 5.20. The quantitative estimate of drug-likeness (QED) is 0.761. The summed E-state index contributed by atoms with van der Waals surface area (Å²) >= 11 is 0. The van der Waals surface area contributed by atoms with E-state index in [4.69, 9.17) is 4.74 Å². The van der Waals surface area contributed by atoms with E-state index in [1.165, 1.54) is 5.56 Å². The molecule has 1 aromatic carbocycles. The molecule has 3 heterocycles. The van der Waals surface area contributed by atoms with Crippen molar-refractivity contribution in [3.05, 3.63) is 29.8 Å². The number of nitrogens with one attached hydrogen (secondary N) is 1. The number of hydrogen-bond acceptors (Lipinski definition) is 4. The van der Waals surface area contributed by atoms with Gasteiger partial charge in [0.1, 0.15) is 5.75 Å². The first kappa shape index (κ1) is 22.9. The lowest BCUT2D eigenvalue weighted by Crippen LogP contribution is -2.48. The minimum Gasteiger partial charge on any atom is -0.497 e. The minimum absolute atomic E-state index is 0.0124. The third-order valence-corrected chi connectivity index (χ3v) is 7.52. The lowest BCUT2D eigenvalue weighted by molar-refractivity contribution is -0.126. The molecule has 2 unspecified atom stereocenters. The summed E-state index contributed by atoms with van der Waals surface area (Å²) in [5.74, 6) is 1.42. The Kier molecular flexibility index (Phi) is 7.55. The van der Waals surface area contributed by atoms with Gasteiger partial charge in [0.2, 0.25) is 5.91 Å². The van der Waals surface area contributed by atoms with Crippen LogP contribution in [-0.2, 0) is 4.79 Å². The van der Waals surface area contributed by atoms with E-state index in [1.807, 2.05) is 21.9 Å². The van der Waals surface area contributed by atoms with Gasteiger partial charge in [-0.25, -0.2) is 4.79 Å². The van der Waals surface area contributed by atoms with Crippen molar-refractivity contribution in [2.45, 2.75) is 44.6 Å². The molecule has 4 rings (SSSR count). The average molecular weight is 443 g/mol. The Bertz CT molecular complexity index is 770. The smallest absolute Gasteiger partial charge is 0.319 e. The van der Waals surface area contributed by atoms with Crippen molar-refractivity contribution < 1.29 is 14.3 Å². The summed E-state index contributed by atoms with van der Waals surface area (Å²) in [6.45, 7) is 4.91. The highest BCUT2D eigenvalue weighted by Gasteiger charge is 2.33. The number of urea groups is 1. The number of carbonyl (C=O) groups excluding carboxylic acids is 2. The molecule has 0 radical (unpaired) electrons. The second kappa shape index (κ2) is 10.6. The van der Waals surface area contributed by atoms with Gasteiger partial charge in [-0.15, -0.1) is 0 Å². The van der Waals surface area contributed by atoms with E-state index in [-0.39, 0.29) is 17.9 Å². The topological polar surface area (TPSA) is 65.1 Å². The van der Waals surface area contributed by atoms with E-state index < -0.39 is 0 Å². The monoisotopic (exact) mass is 442 g/mol. The zero-order valence-electron chi connectivity index (χ0n) is 19.6.